The molecule has 2 aromatic heterocycles. The zero-order chi connectivity index (χ0) is 18.4. The maximum Gasteiger partial charge on any atom is 0.170 e. The molecule has 2 heterocycles. The van der Waals surface area contributed by atoms with Crippen LogP contribution in [0.5, 0.6) is 0 Å². The molecule has 0 spiro atoms. The van der Waals surface area contributed by atoms with Gasteiger partial charge in [-0.2, -0.15) is 10.2 Å². The number of benzene rings is 1. The third-order valence-corrected chi connectivity index (χ3v) is 4.59. The molecule has 0 radical (unpaired) electrons. The molecule has 3 rings (SSSR count). The molecule has 0 aliphatic carbocycles. The third-order valence-electron chi connectivity index (χ3n) is 3.94. The first-order valence-electron chi connectivity index (χ1n) is 8.40. The highest BCUT2D eigenvalue weighted by atomic mass is 79.9. The normalized spacial score (nSPS) is 10.7. The standard InChI is InChI=1S/C18H21BrN6S/c1-14-5-2-3-6-15(14)11-25-13-17(10-22-25)23-18(26)20-7-4-8-24-12-16(19)9-21-24/h2-3,5-6,9-10,12-13H,4,7-8,11H2,1H3,(H2,20,23,26). The molecule has 2 N–H and O–H groups in total. The van der Waals surface area contributed by atoms with E-state index in [4.69, 9.17) is 12.2 Å². The zero-order valence-electron chi connectivity index (χ0n) is 14.5. The lowest BCUT2D eigenvalue weighted by Crippen LogP contribution is -2.29. The maximum atomic E-state index is 5.34. The van der Waals surface area contributed by atoms with Crippen molar-refractivity contribution < 1.29 is 0 Å². The Bertz CT molecular complexity index is 872. The number of hydrogen-bond acceptors (Lipinski definition) is 3. The van der Waals surface area contributed by atoms with Crippen LogP contribution in [0.3, 0.4) is 0 Å². The minimum atomic E-state index is 0.599. The summed E-state index contributed by atoms with van der Waals surface area (Å²) in [5, 5.41) is 15.6. The van der Waals surface area contributed by atoms with E-state index in [2.05, 4.69) is 55.8 Å². The van der Waals surface area contributed by atoms with Crippen molar-refractivity contribution in [2.75, 3.05) is 11.9 Å². The van der Waals surface area contributed by atoms with Gasteiger partial charge < -0.3 is 10.6 Å². The fourth-order valence-corrected chi connectivity index (χ4v) is 3.10. The van der Waals surface area contributed by atoms with E-state index in [9.17, 15) is 0 Å². The predicted octanol–water partition coefficient (Wildman–Crippen LogP) is 3.58. The summed E-state index contributed by atoms with van der Waals surface area (Å²) in [7, 11) is 0. The van der Waals surface area contributed by atoms with E-state index in [0.717, 1.165) is 36.2 Å². The van der Waals surface area contributed by atoms with E-state index in [0.29, 0.717) is 5.11 Å². The number of aryl methyl sites for hydroxylation is 2. The molecule has 0 bridgehead atoms. The molecule has 3 aromatic rings. The molecule has 1 aromatic carbocycles. The highest BCUT2D eigenvalue weighted by Gasteiger charge is 2.03. The van der Waals surface area contributed by atoms with Crippen LogP contribution in [0.15, 0.2) is 53.5 Å². The number of halogens is 1. The summed E-state index contributed by atoms with van der Waals surface area (Å²) in [5.74, 6) is 0. The Morgan fingerprint density at radius 3 is 2.73 bits per heavy atom. The number of thiocarbonyl (C=S) groups is 1. The summed E-state index contributed by atoms with van der Waals surface area (Å²) < 4.78 is 4.80. The van der Waals surface area contributed by atoms with Gasteiger partial charge >= 0.3 is 0 Å². The van der Waals surface area contributed by atoms with Gasteiger partial charge in [0.15, 0.2) is 5.11 Å². The van der Waals surface area contributed by atoms with Gasteiger partial charge in [0.25, 0.3) is 0 Å². The highest BCUT2D eigenvalue weighted by Crippen LogP contribution is 2.11. The van der Waals surface area contributed by atoms with Gasteiger partial charge in [0.2, 0.25) is 0 Å². The van der Waals surface area contributed by atoms with Crippen molar-refractivity contribution in [1.29, 1.82) is 0 Å². The molecular formula is C18H21BrN6S. The Hall–Kier alpha value is -2.19. The third kappa shape index (κ3) is 5.40. The van der Waals surface area contributed by atoms with Crippen LogP contribution in [0.1, 0.15) is 17.5 Å². The van der Waals surface area contributed by atoms with E-state index < -0.39 is 0 Å². The number of nitrogens with one attached hydrogen (secondary N) is 2. The largest absolute Gasteiger partial charge is 0.362 e. The van der Waals surface area contributed by atoms with Gasteiger partial charge in [-0.3, -0.25) is 9.36 Å². The minimum Gasteiger partial charge on any atom is -0.362 e. The SMILES string of the molecule is Cc1ccccc1Cn1cc(NC(=S)NCCCn2cc(Br)cn2)cn1. The van der Waals surface area contributed by atoms with Crippen molar-refractivity contribution in [2.45, 2.75) is 26.4 Å². The van der Waals surface area contributed by atoms with Crippen molar-refractivity contribution in [3.63, 3.8) is 0 Å². The zero-order valence-corrected chi connectivity index (χ0v) is 16.9. The number of rotatable bonds is 7. The molecule has 0 aliphatic heterocycles. The van der Waals surface area contributed by atoms with Crippen LogP contribution >= 0.6 is 28.1 Å². The second-order valence-corrected chi connectivity index (χ2v) is 7.33. The molecule has 26 heavy (non-hydrogen) atoms. The number of aromatic nitrogens is 4. The van der Waals surface area contributed by atoms with Gasteiger partial charge in [-0.1, -0.05) is 24.3 Å². The van der Waals surface area contributed by atoms with Crippen LogP contribution in [0.25, 0.3) is 0 Å². The monoisotopic (exact) mass is 432 g/mol. The summed E-state index contributed by atoms with van der Waals surface area (Å²) in [6, 6.07) is 8.32. The van der Waals surface area contributed by atoms with Gasteiger partial charge in [0, 0.05) is 25.5 Å². The van der Waals surface area contributed by atoms with Crippen LogP contribution in [-0.4, -0.2) is 31.2 Å². The van der Waals surface area contributed by atoms with Crippen LogP contribution in [0.2, 0.25) is 0 Å². The molecule has 0 amide bonds. The lowest BCUT2D eigenvalue weighted by molar-refractivity contribution is 0.573. The van der Waals surface area contributed by atoms with E-state index in [1.807, 2.05) is 33.9 Å². The maximum absolute atomic E-state index is 5.34. The van der Waals surface area contributed by atoms with Gasteiger partial charge in [-0.05, 0) is 52.6 Å². The fraction of sp³-hybridized carbons (Fsp3) is 0.278. The average Bonchev–Trinajstić information content (AvgIpc) is 3.23. The summed E-state index contributed by atoms with van der Waals surface area (Å²) in [4.78, 5) is 0. The molecule has 136 valence electrons. The molecular weight excluding hydrogens is 412 g/mol. The average molecular weight is 433 g/mol. The fourth-order valence-electron chi connectivity index (χ4n) is 2.56. The molecule has 0 aliphatic rings. The smallest absolute Gasteiger partial charge is 0.170 e. The summed E-state index contributed by atoms with van der Waals surface area (Å²) in [6.07, 6.45) is 8.42. The molecule has 0 saturated heterocycles. The van der Waals surface area contributed by atoms with Gasteiger partial charge in [0.1, 0.15) is 0 Å². The second-order valence-electron chi connectivity index (χ2n) is 6.01. The van der Waals surface area contributed by atoms with Crippen LogP contribution in [0, 0.1) is 6.92 Å². The van der Waals surface area contributed by atoms with E-state index in [1.165, 1.54) is 11.1 Å². The van der Waals surface area contributed by atoms with Crippen LogP contribution in [0.4, 0.5) is 5.69 Å². The first kappa shape index (κ1) is 18.6. The van der Waals surface area contributed by atoms with E-state index in [1.54, 1.807) is 12.4 Å². The van der Waals surface area contributed by atoms with E-state index >= 15 is 0 Å². The Labute approximate surface area is 166 Å². The molecule has 0 unspecified atom stereocenters. The Morgan fingerprint density at radius 1 is 1.15 bits per heavy atom. The Morgan fingerprint density at radius 2 is 1.96 bits per heavy atom. The molecule has 8 heteroatoms. The van der Waals surface area contributed by atoms with Crippen molar-refractivity contribution in [2.24, 2.45) is 0 Å². The summed E-state index contributed by atoms with van der Waals surface area (Å²) >= 11 is 8.73. The molecule has 6 nitrogen and oxygen atoms in total. The molecule has 0 fully saturated rings. The summed E-state index contributed by atoms with van der Waals surface area (Å²) in [5.41, 5.74) is 3.40. The predicted molar refractivity (Wildman–Crippen MR) is 111 cm³/mol. The number of hydrogen-bond donors (Lipinski definition) is 2. The molecule has 0 atom stereocenters. The molecule has 0 saturated carbocycles. The van der Waals surface area contributed by atoms with Crippen LogP contribution < -0.4 is 10.6 Å². The number of anilines is 1. The summed E-state index contributed by atoms with van der Waals surface area (Å²) in [6.45, 7) is 4.48. The van der Waals surface area contributed by atoms with Gasteiger partial charge in [0.05, 0.1) is 29.1 Å². The first-order valence-corrected chi connectivity index (χ1v) is 9.60. The van der Waals surface area contributed by atoms with Crippen molar-refractivity contribution in [3.8, 4) is 0 Å². The van der Waals surface area contributed by atoms with E-state index in [-0.39, 0.29) is 0 Å². The second kappa shape index (κ2) is 8.95. The topological polar surface area (TPSA) is 59.7 Å². The number of nitrogens with zero attached hydrogens (tertiary/aromatic N) is 4. The first-order chi connectivity index (χ1) is 12.6. The van der Waals surface area contributed by atoms with Crippen molar-refractivity contribution in [3.05, 3.63) is 64.7 Å². The lowest BCUT2D eigenvalue weighted by atomic mass is 10.1. The van der Waals surface area contributed by atoms with Gasteiger partial charge in [-0.15, -0.1) is 0 Å². The quantitative estimate of drug-likeness (QED) is 0.441. The highest BCUT2D eigenvalue weighted by molar-refractivity contribution is 9.10. The van der Waals surface area contributed by atoms with Crippen LogP contribution in [-0.2, 0) is 13.1 Å². The Balaban J connectivity index is 1.42. The lowest BCUT2D eigenvalue weighted by Gasteiger charge is -2.09. The van der Waals surface area contributed by atoms with Gasteiger partial charge in [-0.25, -0.2) is 0 Å². The van der Waals surface area contributed by atoms with Crippen molar-refractivity contribution >= 4 is 38.9 Å². The van der Waals surface area contributed by atoms with Crippen molar-refractivity contribution in [1.82, 2.24) is 24.9 Å². The Kier molecular flexibility index (Phi) is 6.40. The minimum absolute atomic E-state index is 0.599.